The number of halogens is 3. The Morgan fingerprint density at radius 2 is 1.74 bits per heavy atom. The molecule has 0 aliphatic rings. The number of rotatable bonds is 5. The molecule has 2 rings (SSSR count). The lowest BCUT2D eigenvalue weighted by atomic mass is 10.2. The minimum Gasteiger partial charge on any atom is -0.249 e. The molecular weight excluding hydrogens is 347 g/mol. The zero-order chi connectivity index (χ0) is 17.1. The molecule has 2 aromatic rings. The number of sulfone groups is 1. The highest BCUT2D eigenvalue weighted by molar-refractivity contribution is 8.00. The molecule has 0 unspecified atom stereocenters. The van der Waals surface area contributed by atoms with Gasteiger partial charge in [-0.3, -0.25) is 0 Å². The Morgan fingerprint density at radius 3 is 2.26 bits per heavy atom. The fourth-order valence-electron chi connectivity index (χ4n) is 1.75. The summed E-state index contributed by atoms with van der Waals surface area (Å²) >= 11 is 1.11. The average molecular weight is 361 g/mol. The SMILES string of the molecule is Cc1ccc(S(=O)(=O)CCSc2ccc(C(F)(F)F)cn2)cc1. The van der Waals surface area contributed by atoms with Gasteiger partial charge in [-0.15, -0.1) is 11.8 Å². The van der Waals surface area contributed by atoms with Gasteiger partial charge in [-0.2, -0.15) is 13.2 Å². The van der Waals surface area contributed by atoms with Crippen LogP contribution in [-0.4, -0.2) is 24.9 Å². The van der Waals surface area contributed by atoms with E-state index in [1.54, 1.807) is 24.3 Å². The number of aryl methyl sites for hydroxylation is 1. The van der Waals surface area contributed by atoms with Crippen molar-refractivity contribution in [2.24, 2.45) is 0 Å². The predicted octanol–water partition coefficient (Wildman–Crippen LogP) is 3.97. The highest BCUT2D eigenvalue weighted by Gasteiger charge is 2.30. The molecule has 8 heteroatoms. The summed E-state index contributed by atoms with van der Waals surface area (Å²) < 4.78 is 61.5. The molecular formula is C15H14F3NO2S2. The third-order valence-electron chi connectivity index (χ3n) is 3.05. The Morgan fingerprint density at radius 1 is 1.09 bits per heavy atom. The van der Waals surface area contributed by atoms with E-state index in [1.165, 1.54) is 6.07 Å². The summed E-state index contributed by atoms with van der Waals surface area (Å²) in [6.07, 6.45) is -3.68. The van der Waals surface area contributed by atoms with Gasteiger partial charge in [0.25, 0.3) is 0 Å². The van der Waals surface area contributed by atoms with Gasteiger partial charge in [0.15, 0.2) is 9.84 Å². The second kappa shape index (κ2) is 6.92. The largest absolute Gasteiger partial charge is 0.417 e. The molecule has 3 nitrogen and oxygen atoms in total. The molecule has 0 radical (unpaired) electrons. The van der Waals surface area contributed by atoms with Gasteiger partial charge < -0.3 is 0 Å². The summed E-state index contributed by atoms with van der Waals surface area (Å²) in [7, 11) is -3.41. The van der Waals surface area contributed by atoms with Gasteiger partial charge in [-0.1, -0.05) is 17.7 Å². The number of aromatic nitrogens is 1. The molecule has 0 amide bonds. The summed E-state index contributed by atoms with van der Waals surface area (Å²) in [6.45, 7) is 1.86. The fraction of sp³-hybridized carbons (Fsp3) is 0.267. The van der Waals surface area contributed by atoms with Crippen molar-refractivity contribution in [1.29, 1.82) is 0 Å². The van der Waals surface area contributed by atoms with Crippen LogP contribution in [0.25, 0.3) is 0 Å². The lowest BCUT2D eigenvalue weighted by Crippen LogP contribution is -2.09. The Balaban J connectivity index is 1.95. The fourth-order valence-corrected chi connectivity index (χ4v) is 4.25. The van der Waals surface area contributed by atoms with E-state index in [2.05, 4.69) is 4.98 Å². The molecule has 0 saturated carbocycles. The smallest absolute Gasteiger partial charge is 0.249 e. The van der Waals surface area contributed by atoms with Crippen LogP contribution in [0.15, 0.2) is 52.5 Å². The lowest BCUT2D eigenvalue weighted by molar-refractivity contribution is -0.137. The van der Waals surface area contributed by atoms with Crippen molar-refractivity contribution in [3.05, 3.63) is 53.7 Å². The molecule has 0 saturated heterocycles. The van der Waals surface area contributed by atoms with Gasteiger partial charge in [0.05, 0.1) is 21.2 Å². The molecule has 124 valence electrons. The van der Waals surface area contributed by atoms with Gasteiger partial charge in [0.2, 0.25) is 0 Å². The first kappa shape index (κ1) is 17.8. The number of hydrogen-bond acceptors (Lipinski definition) is 4. The van der Waals surface area contributed by atoms with E-state index in [-0.39, 0.29) is 16.4 Å². The molecule has 1 aromatic heterocycles. The highest BCUT2D eigenvalue weighted by atomic mass is 32.2. The highest BCUT2D eigenvalue weighted by Crippen LogP contribution is 2.29. The van der Waals surface area contributed by atoms with Crippen molar-refractivity contribution in [3.63, 3.8) is 0 Å². The third-order valence-corrected chi connectivity index (χ3v) is 5.98. The van der Waals surface area contributed by atoms with Crippen LogP contribution in [-0.2, 0) is 16.0 Å². The third kappa shape index (κ3) is 4.97. The zero-order valence-electron chi connectivity index (χ0n) is 12.2. The van der Waals surface area contributed by atoms with E-state index in [0.717, 1.165) is 29.6 Å². The molecule has 0 N–H and O–H groups in total. The number of benzene rings is 1. The van der Waals surface area contributed by atoms with Crippen LogP contribution in [0.2, 0.25) is 0 Å². The van der Waals surface area contributed by atoms with E-state index < -0.39 is 21.6 Å². The topological polar surface area (TPSA) is 47.0 Å². The molecule has 0 spiro atoms. The van der Waals surface area contributed by atoms with Gasteiger partial charge in [0, 0.05) is 11.9 Å². The van der Waals surface area contributed by atoms with Crippen LogP contribution in [0.4, 0.5) is 13.2 Å². The summed E-state index contributed by atoms with van der Waals surface area (Å²) in [5.41, 5.74) is 0.140. The van der Waals surface area contributed by atoms with Crippen LogP contribution >= 0.6 is 11.8 Å². The van der Waals surface area contributed by atoms with E-state index in [4.69, 9.17) is 0 Å². The van der Waals surface area contributed by atoms with Crippen molar-refractivity contribution in [1.82, 2.24) is 4.98 Å². The van der Waals surface area contributed by atoms with Gasteiger partial charge in [-0.25, -0.2) is 13.4 Å². The minimum absolute atomic E-state index is 0.108. The molecule has 0 bridgehead atoms. The van der Waals surface area contributed by atoms with Crippen molar-refractivity contribution >= 4 is 21.6 Å². The molecule has 0 fully saturated rings. The van der Waals surface area contributed by atoms with Gasteiger partial charge in [-0.05, 0) is 31.2 Å². The lowest BCUT2D eigenvalue weighted by Gasteiger charge is -2.07. The first-order chi connectivity index (χ1) is 10.7. The maximum atomic E-state index is 12.4. The van der Waals surface area contributed by atoms with Crippen molar-refractivity contribution in [3.8, 4) is 0 Å². The van der Waals surface area contributed by atoms with E-state index in [0.29, 0.717) is 5.03 Å². The quantitative estimate of drug-likeness (QED) is 0.756. The van der Waals surface area contributed by atoms with Crippen LogP contribution in [0, 0.1) is 6.92 Å². The van der Waals surface area contributed by atoms with Crippen LogP contribution in [0.3, 0.4) is 0 Å². The zero-order valence-corrected chi connectivity index (χ0v) is 13.8. The van der Waals surface area contributed by atoms with Gasteiger partial charge in [0.1, 0.15) is 0 Å². The Bertz CT molecular complexity index is 755. The normalized spacial score (nSPS) is 12.3. The standard InChI is InChI=1S/C15H14F3NO2S2/c1-11-2-5-13(6-3-11)23(20,21)9-8-22-14-7-4-12(10-19-14)15(16,17)18/h2-7,10H,8-9H2,1H3. The second-order valence-corrected chi connectivity index (χ2v) is 8.09. The van der Waals surface area contributed by atoms with Crippen LogP contribution in [0.5, 0.6) is 0 Å². The van der Waals surface area contributed by atoms with Gasteiger partial charge >= 0.3 is 6.18 Å². The Kier molecular flexibility index (Phi) is 5.36. The average Bonchev–Trinajstić information content (AvgIpc) is 2.47. The van der Waals surface area contributed by atoms with E-state index in [9.17, 15) is 21.6 Å². The minimum atomic E-state index is -4.43. The number of thioether (sulfide) groups is 1. The number of nitrogens with zero attached hydrogens (tertiary/aromatic N) is 1. The summed E-state index contributed by atoms with van der Waals surface area (Å²) in [5.74, 6) is 0.109. The molecule has 23 heavy (non-hydrogen) atoms. The second-order valence-electron chi connectivity index (χ2n) is 4.86. The van der Waals surface area contributed by atoms with E-state index in [1.807, 2.05) is 6.92 Å². The van der Waals surface area contributed by atoms with Crippen LogP contribution < -0.4 is 0 Å². The maximum absolute atomic E-state index is 12.4. The number of hydrogen-bond donors (Lipinski definition) is 0. The number of pyridine rings is 1. The maximum Gasteiger partial charge on any atom is 0.417 e. The van der Waals surface area contributed by atoms with Crippen molar-refractivity contribution < 1.29 is 21.6 Å². The summed E-state index contributed by atoms with van der Waals surface area (Å²) in [4.78, 5) is 3.94. The molecule has 1 aromatic carbocycles. The first-order valence-electron chi connectivity index (χ1n) is 6.64. The monoisotopic (exact) mass is 361 g/mol. The Labute approximate surface area is 136 Å². The molecule has 1 heterocycles. The van der Waals surface area contributed by atoms with Crippen molar-refractivity contribution in [2.75, 3.05) is 11.5 Å². The molecule has 0 aliphatic heterocycles. The van der Waals surface area contributed by atoms with Crippen molar-refractivity contribution in [2.45, 2.75) is 23.0 Å². The number of alkyl halides is 3. The summed E-state index contributed by atoms with van der Waals surface area (Å²) in [6, 6.07) is 8.71. The summed E-state index contributed by atoms with van der Waals surface area (Å²) in [5, 5.41) is 0.358. The molecule has 0 aliphatic carbocycles. The first-order valence-corrected chi connectivity index (χ1v) is 9.28. The Hall–Kier alpha value is -1.54. The van der Waals surface area contributed by atoms with Crippen LogP contribution in [0.1, 0.15) is 11.1 Å². The predicted molar refractivity (Wildman–Crippen MR) is 83.2 cm³/mol. The molecule has 0 atom stereocenters. The van der Waals surface area contributed by atoms with E-state index >= 15 is 0 Å².